The van der Waals surface area contributed by atoms with Gasteiger partial charge in [0.05, 0.1) is 14.2 Å². The number of methoxy groups -OCH3 is 2. The first kappa shape index (κ1) is 19.6. The third-order valence-electron chi connectivity index (χ3n) is 1.98. The number of esters is 2. The molecule has 0 fully saturated rings. The summed E-state index contributed by atoms with van der Waals surface area (Å²) in [6, 6.07) is 3.94. The van der Waals surface area contributed by atoms with Gasteiger partial charge in [0.2, 0.25) is 0 Å². The van der Waals surface area contributed by atoms with E-state index in [9.17, 15) is 9.59 Å². The van der Waals surface area contributed by atoms with Gasteiger partial charge in [-0.1, -0.05) is 13.8 Å². The third-order valence-corrected chi connectivity index (χ3v) is 1.98. The zero-order valence-electron chi connectivity index (χ0n) is 12.5. The molecule has 1 rings (SSSR count). The SMILES string of the molecule is CC.COC(=O)CCCn1cccc1.COC(C)=O. The van der Waals surface area contributed by atoms with Crippen LogP contribution in [0.3, 0.4) is 0 Å². The van der Waals surface area contributed by atoms with Gasteiger partial charge in [0.25, 0.3) is 0 Å². The lowest BCUT2D eigenvalue weighted by molar-refractivity contribution is -0.141. The number of carbonyl (C=O) groups is 2. The largest absolute Gasteiger partial charge is 0.469 e. The van der Waals surface area contributed by atoms with Gasteiger partial charge in [0, 0.05) is 32.3 Å². The average Bonchev–Trinajstić information content (AvgIpc) is 2.94. The maximum Gasteiger partial charge on any atom is 0.305 e. The molecule has 0 saturated carbocycles. The molecule has 0 bridgehead atoms. The topological polar surface area (TPSA) is 57.5 Å². The molecule has 1 heterocycles. The number of hydrogen-bond donors (Lipinski definition) is 0. The van der Waals surface area contributed by atoms with Gasteiger partial charge in [-0.3, -0.25) is 9.59 Å². The number of hydrogen-bond acceptors (Lipinski definition) is 4. The van der Waals surface area contributed by atoms with E-state index < -0.39 is 0 Å². The van der Waals surface area contributed by atoms with Gasteiger partial charge >= 0.3 is 11.9 Å². The van der Waals surface area contributed by atoms with Crippen LogP contribution in [0.5, 0.6) is 0 Å². The van der Waals surface area contributed by atoms with Crippen molar-refractivity contribution in [1.29, 1.82) is 0 Å². The number of nitrogens with zero attached hydrogens (tertiary/aromatic N) is 1. The van der Waals surface area contributed by atoms with Gasteiger partial charge in [-0.2, -0.15) is 0 Å². The minimum Gasteiger partial charge on any atom is -0.469 e. The Hall–Kier alpha value is -1.78. The van der Waals surface area contributed by atoms with Crippen molar-refractivity contribution in [3.05, 3.63) is 24.5 Å². The highest BCUT2D eigenvalue weighted by Crippen LogP contribution is 1.97. The van der Waals surface area contributed by atoms with Gasteiger partial charge in [0.15, 0.2) is 0 Å². The summed E-state index contributed by atoms with van der Waals surface area (Å²) in [5.74, 6) is -0.382. The minimum atomic E-state index is -0.245. The van der Waals surface area contributed by atoms with E-state index in [0.717, 1.165) is 13.0 Å². The maximum absolute atomic E-state index is 10.7. The van der Waals surface area contributed by atoms with Crippen LogP contribution in [0, 0.1) is 0 Å². The standard InChI is InChI=1S/C9H13NO2.C3H6O2.C2H6/c1-12-9(11)5-4-8-10-6-2-3-7-10;1-3(4)5-2;1-2/h2-3,6-7H,4-5,8H2,1H3;1-2H3;1-2H3. The van der Waals surface area contributed by atoms with Crippen LogP contribution in [-0.4, -0.2) is 30.7 Å². The Kier molecular flexibility index (Phi) is 14.7. The van der Waals surface area contributed by atoms with Crippen LogP contribution in [0.15, 0.2) is 24.5 Å². The molecule has 0 aliphatic rings. The van der Waals surface area contributed by atoms with Crippen molar-refractivity contribution in [2.24, 2.45) is 0 Å². The van der Waals surface area contributed by atoms with Crippen molar-refractivity contribution in [2.45, 2.75) is 40.2 Å². The molecule has 0 atom stereocenters. The second-order valence-corrected chi connectivity index (χ2v) is 3.30. The first-order valence-corrected chi connectivity index (χ1v) is 6.32. The molecule has 0 aromatic carbocycles. The van der Waals surface area contributed by atoms with Gasteiger partial charge in [-0.15, -0.1) is 0 Å². The Morgan fingerprint density at radius 1 is 1.05 bits per heavy atom. The van der Waals surface area contributed by atoms with Crippen molar-refractivity contribution in [2.75, 3.05) is 14.2 Å². The van der Waals surface area contributed by atoms with E-state index in [0.29, 0.717) is 6.42 Å². The Morgan fingerprint density at radius 2 is 1.53 bits per heavy atom. The lowest BCUT2D eigenvalue weighted by atomic mass is 10.3. The molecule has 1 aromatic heterocycles. The second-order valence-electron chi connectivity index (χ2n) is 3.30. The van der Waals surface area contributed by atoms with E-state index in [2.05, 4.69) is 9.47 Å². The van der Waals surface area contributed by atoms with Crippen molar-refractivity contribution in [1.82, 2.24) is 4.57 Å². The van der Waals surface area contributed by atoms with Crippen LogP contribution in [0.2, 0.25) is 0 Å². The Morgan fingerprint density at radius 3 is 1.89 bits per heavy atom. The van der Waals surface area contributed by atoms with E-state index in [1.54, 1.807) is 0 Å². The number of ether oxygens (including phenoxy) is 2. The summed E-state index contributed by atoms with van der Waals surface area (Å²) in [6.07, 6.45) is 5.30. The molecule has 0 N–H and O–H groups in total. The summed E-state index contributed by atoms with van der Waals surface area (Å²) in [7, 11) is 2.76. The Labute approximate surface area is 115 Å². The number of carbonyl (C=O) groups excluding carboxylic acids is 2. The molecule has 0 saturated heterocycles. The van der Waals surface area contributed by atoms with Crippen molar-refractivity contribution in [3.63, 3.8) is 0 Å². The molecular weight excluding hydrogens is 246 g/mol. The van der Waals surface area contributed by atoms with E-state index in [-0.39, 0.29) is 11.9 Å². The number of rotatable bonds is 4. The molecule has 0 aliphatic carbocycles. The average molecular weight is 271 g/mol. The van der Waals surface area contributed by atoms with E-state index in [1.807, 2.05) is 42.9 Å². The Bertz CT molecular complexity index is 320. The van der Waals surface area contributed by atoms with Gasteiger partial charge in [-0.05, 0) is 18.6 Å². The molecule has 5 heteroatoms. The molecule has 5 nitrogen and oxygen atoms in total. The highest BCUT2D eigenvalue weighted by molar-refractivity contribution is 5.68. The zero-order valence-corrected chi connectivity index (χ0v) is 12.5. The predicted molar refractivity (Wildman–Crippen MR) is 74.7 cm³/mol. The third kappa shape index (κ3) is 14.2. The normalized spacial score (nSPS) is 8.26. The molecule has 110 valence electrons. The zero-order chi connectivity index (χ0) is 15.1. The van der Waals surface area contributed by atoms with Crippen LogP contribution in [-0.2, 0) is 25.6 Å². The van der Waals surface area contributed by atoms with Gasteiger partial charge < -0.3 is 14.0 Å². The first-order chi connectivity index (χ1) is 9.10. The van der Waals surface area contributed by atoms with Crippen LogP contribution >= 0.6 is 0 Å². The minimum absolute atomic E-state index is 0.137. The molecular formula is C14H25NO4. The maximum atomic E-state index is 10.7. The number of aryl methyl sites for hydroxylation is 1. The van der Waals surface area contributed by atoms with E-state index in [1.165, 1.54) is 21.1 Å². The molecule has 0 aliphatic heterocycles. The summed E-state index contributed by atoms with van der Waals surface area (Å²) in [5, 5.41) is 0. The summed E-state index contributed by atoms with van der Waals surface area (Å²) in [5.41, 5.74) is 0. The van der Waals surface area contributed by atoms with Crippen molar-refractivity contribution >= 4 is 11.9 Å². The monoisotopic (exact) mass is 271 g/mol. The van der Waals surface area contributed by atoms with Crippen molar-refractivity contribution < 1.29 is 19.1 Å². The molecule has 0 spiro atoms. The van der Waals surface area contributed by atoms with Gasteiger partial charge in [-0.25, -0.2) is 0 Å². The highest BCUT2D eigenvalue weighted by Gasteiger charge is 1.98. The second kappa shape index (κ2) is 14.3. The van der Waals surface area contributed by atoms with Crippen LogP contribution < -0.4 is 0 Å². The fraction of sp³-hybridized carbons (Fsp3) is 0.571. The Balaban J connectivity index is 0. The van der Waals surface area contributed by atoms with Crippen molar-refractivity contribution in [3.8, 4) is 0 Å². The van der Waals surface area contributed by atoms with E-state index in [4.69, 9.17) is 0 Å². The fourth-order valence-electron chi connectivity index (χ4n) is 1.03. The first-order valence-electron chi connectivity index (χ1n) is 6.32. The highest BCUT2D eigenvalue weighted by atomic mass is 16.5. The molecule has 0 unspecified atom stereocenters. The molecule has 19 heavy (non-hydrogen) atoms. The molecule has 0 amide bonds. The van der Waals surface area contributed by atoms with Crippen LogP contribution in [0.25, 0.3) is 0 Å². The summed E-state index contributed by atoms with van der Waals surface area (Å²) in [6.45, 7) is 6.24. The lowest BCUT2D eigenvalue weighted by Gasteiger charge is -2.00. The van der Waals surface area contributed by atoms with E-state index >= 15 is 0 Å². The lowest BCUT2D eigenvalue weighted by Crippen LogP contribution is -2.02. The van der Waals surface area contributed by atoms with Crippen LogP contribution in [0.1, 0.15) is 33.6 Å². The summed E-state index contributed by atoms with van der Waals surface area (Å²) >= 11 is 0. The molecule has 0 radical (unpaired) electrons. The quantitative estimate of drug-likeness (QED) is 0.790. The van der Waals surface area contributed by atoms with Crippen LogP contribution in [0.4, 0.5) is 0 Å². The summed E-state index contributed by atoms with van der Waals surface area (Å²) < 4.78 is 10.7. The molecule has 1 aromatic rings. The predicted octanol–water partition coefficient (Wildman–Crippen LogP) is 2.65. The number of aromatic nitrogens is 1. The smallest absolute Gasteiger partial charge is 0.305 e. The summed E-state index contributed by atoms with van der Waals surface area (Å²) in [4.78, 5) is 20.3. The fourth-order valence-corrected chi connectivity index (χ4v) is 1.03. The van der Waals surface area contributed by atoms with Gasteiger partial charge in [0.1, 0.15) is 0 Å².